The molecule has 0 unspecified atom stereocenters. The summed E-state index contributed by atoms with van der Waals surface area (Å²) in [6.07, 6.45) is 5.40. The maximum absolute atomic E-state index is 12.7. The van der Waals surface area contributed by atoms with Crippen molar-refractivity contribution in [1.29, 1.82) is 0 Å². The van der Waals surface area contributed by atoms with Crippen LogP contribution in [0.15, 0.2) is 30.3 Å². The van der Waals surface area contributed by atoms with E-state index in [1.165, 1.54) is 5.56 Å². The smallest absolute Gasteiger partial charge is 0.355 e. The quantitative estimate of drug-likeness (QED) is 0.848. The highest BCUT2D eigenvalue weighted by molar-refractivity contribution is 6.03. The summed E-state index contributed by atoms with van der Waals surface area (Å²) in [5.74, 6) is -0.0374. The molecule has 2 aliphatic rings. The Balaban J connectivity index is 1.60. The number of carbonyl (C=O) groups excluding carboxylic acids is 2. The van der Waals surface area contributed by atoms with Crippen LogP contribution in [0.5, 0.6) is 0 Å². The van der Waals surface area contributed by atoms with E-state index in [0.717, 1.165) is 43.4 Å². The molecular formula is C21H23NO3. The maximum Gasteiger partial charge on any atom is 0.355 e. The van der Waals surface area contributed by atoms with Gasteiger partial charge in [-0.15, -0.1) is 0 Å². The standard InChI is InChI=1S/C21H23NO3/c1-13-19-17(22-20(13)21(24)25-16-9-5-6-10-16)11-15(12-18(19)23)14-7-3-2-4-8-14/h2-4,7-8,15-16,22H,5-6,9-12H2,1H3/t15-/m1/s1. The van der Waals surface area contributed by atoms with Crippen molar-refractivity contribution in [3.63, 3.8) is 0 Å². The lowest BCUT2D eigenvalue weighted by Gasteiger charge is -2.22. The Kier molecular flexibility index (Phi) is 4.20. The second kappa shape index (κ2) is 6.51. The van der Waals surface area contributed by atoms with Crippen molar-refractivity contribution in [2.24, 2.45) is 0 Å². The summed E-state index contributed by atoms with van der Waals surface area (Å²) in [5, 5.41) is 0. The van der Waals surface area contributed by atoms with Gasteiger partial charge in [-0.1, -0.05) is 30.3 Å². The minimum atomic E-state index is -0.317. The van der Waals surface area contributed by atoms with Gasteiger partial charge >= 0.3 is 5.97 Å². The minimum absolute atomic E-state index is 0.0278. The van der Waals surface area contributed by atoms with Crippen LogP contribution in [-0.4, -0.2) is 22.8 Å². The van der Waals surface area contributed by atoms with Crippen LogP contribution in [0.25, 0.3) is 0 Å². The number of aromatic nitrogens is 1. The minimum Gasteiger partial charge on any atom is -0.458 e. The van der Waals surface area contributed by atoms with Crippen molar-refractivity contribution in [2.75, 3.05) is 0 Å². The molecule has 1 N–H and O–H groups in total. The van der Waals surface area contributed by atoms with Gasteiger partial charge < -0.3 is 9.72 Å². The predicted octanol–water partition coefficient (Wildman–Crippen LogP) is 4.34. The van der Waals surface area contributed by atoms with E-state index in [-0.39, 0.29) is 23.8 Å². The molecule has 0 saturated heterocycles. The summed E-state index contributed by atoms with van der Waals surface area (Å²) >= 11 is 0. The number of hydrogen-bond acceptors (Lipinski definition) is 3. The van der Waals surface area contributed by atoms with Crippen molar-refractivity contribution in [2.45, 2.75) is 57.5 Å². The summed E-state index contributed by atoms with van der Waals surface area (Å²) in [6, 6.07) is 10.1. The summed E-state index contributed by atoms with van der Waals surface area (Å²) in [7, 11) is 0. The first-order valence-corrected chi connectivity index (χ1v) is 9.14. The van der Waals surface area contributed by atoms with E-state index < -0.39 is 0 Å². The van der Waals surface area contributed by atoms with Crippen molar-refractivity contribution in [3.8, 4) is 0 Å². The normalized spacial score (nSPS) is 20.5. The third-order valence-corrected chi connectivity index (χ3v) is 5.54. The third kappa shape index (κ3) is 3.01. The molecule has 4 rings (SSSR count). The number of H-pyrrole nitrogens is 1. The molecule has 25 heavy (non-hydrogen) atoms. The maximum atomic E-state index is 12.7. The average molecular weight is 337 g/mol. The van der Waals surface area contributed by atoms with E-state index in [2.05, 4.69) is 17.1 Å². The van der Waals surface area contributed by atoms with E-state index in [1.54, 1.807) is 0 Å². The Morgan fingerprint density at radius 2 is 1.84 bits per heavy atom. The summed E-state index contributed by atoms with van der Waals surface area (Å²) in [6.45, 7) is 1.85. The number of fused-ring (bicyclic) bond motifs is 1. The molecule has 4 heteroatoms. The highest BCUT2D eigenvalue weighted by atomic mass is 16.5. The number of aromatic amines is 1. The van der Waals surface area contributed by atoms with Crippen molar-refractivity contribution in [3.05, 3.63) is 58.4 Å². The van der Waals surface area contributed by atoms with E-state index >= 15 is 0 Å². The molecule has 1 aromatic heterocycles. The van der Waals surface area contributed by atoms with Gasteiger partial charge in [0.05, 0.1) is 0 Å². The lowest BCUT2D eigenvalue weighted by atomic mass is 9.81. The average Bonchev–Trinajstić information content (AvgIpc) is 3.23. The Morgan fingerprint density at radius 1 is 1.12 bits per heavy atom. The van der Waals surface area contributed by atoms with Gasteiger partial charge in [-0.05, 0) is 56.1 Å². The highest BCUT2D eigenvalue weighted by Gasteiger charge is 2.33. The number of hydrogen-bond donors (Lipinski definition) is 1. The molecule has 1 fully saturated rings. The zero-order chi connectivity index (χ0) is 17.4. The van der Waals surface area contributed by atoms with Gasteiger partial charge in [-0.2, -0.15) is 0 Å². The van der Waals surface area contributed by atoms with Crippen LogP contribution in [0.3, 0.4) is 0 Å². The van der Waals surface area contributed by atoms with Crippen LogP contribution >= 0.6 is 0 Å². The monoisotopic (exact) mass is 337 g/mol. The Labute approximate surface area is 147 Å². The number of rotatable bonds is 3. The Bertz CT molecular complexity index is 800. The summed E-state index contributed by atoms with van der Waals surface area (Å²) in [5.41, 5.74) is 3.95. The number of carbonyl (C=O) groups is 2. The first-order valence-electron chi connectivity index (χ1n) is 9.14. The molecule has 4 nitrogen and oxygen atoms in total. The number of nitrogens with one attached hydrogen (secondary N) is 1. The first-order chi connectivity index (χ1) is 12.1. The molecule has 0 bridgehead atoms. The van der Waals surface area contributed by atoms with Crippen LogP contribution in [0.1, 0.15) is 75.7 Å². The van der Waals surface area contributed by atoms with Crippen LogP contribution < -0.4 is 0 Å². The molecule has 1 heterocycles. The number of Topliss-reactive ketones (excluding diaryl/α,β-unsaturated/α-hetero) is 1. The lowest BCUT2D eigenvalue weighted by Crippen LogP contribution is -2.18. The molecular weight excluding hydrogens is 314 g/mol. The highest BCUT2D eigenvalue weighted by Crippen LogP contribution is 2.35. The first kappa shape index (κ1) is 16.1. The van der Waals surface area contributed by atoms with Crippen LogP contribution in [0.2, 0.25) is 0 Å². The van der Waals surface area contributed by atoms with Gasteiger partial charge in [-0.25, -0.2) is 4.79 Å². The Hall–Kier alpha value is -2.36. The predicted molar refractivity (Wildman–Crippen MR) is 95.0 cm³/mol. The van der Waals surface area contributed by atoms with Gasteiger partial charge in [0.25, 0.3) is 0 Å². The zero-order valence-corrected chi connectivity index (χ0v) is 14.5. The molecule has 1 aromatic carbocycles. The van der Waals surface area contributed by atoms with E-state index in [0.29, 0.717) is 17.7 Å². The molecule has 0 amide bonds. The second-order valence-corrected chi connectivity index (χ2v) is 7.23. The fraction of sp³-hybridized carbons (Fsp3) is 0.429. The van der Waals surface area contributed by atoms with Gasteiger partial charge in [0.15, 0.2) is 5.78 Å². The van der Waals surface area contributed by atoms with Crippen LogP contribution in [0, 0.1) is 6.92 Å². The van der Waals surface area contributed by atoms with E-state index in [1.807, 2.05) is 25.1 Å². The van der Waals surface area contributed by atoms with Crippen molar-refractivity contribution < 1.29 is 14.3 Å². The second-order valence-electron chi connectivity index (χ2n) is 7.23. The van der Waals surface area contributed by atoms with Gasteiger partial charge in [-0.3, -0.25) is 4.79 Å². The number of ether oxygens (including phenoxy) is 1. The topological polar surface area (TPSA) is 59.2 Å². The van der Waals surface area contributed by atoms with Gasteiger partial charge in [0, 0.05) is 17.7 Å². The van der Waals surface area contributed by atoms with Gasteiger partial charge in [0.2, 0.25) is 0 Å². The van der Waals surface area contributed by atoms with Crippen molar-refractivity contribution in [1.82, 2.24) is 4.98 Å². The number of ketones is 1. The van der Waals surface area contributed by atoms with E-state index in [9.17, 15) is 9.59 Å². The third-order valence-electron chi connectivity index (χ3n) is 5.54. The van der Waals surface area contributed by atoms with Crippen LogP contribution in [-0.2, 0) is 11.2 Å². The summed E-state index contributed by atoms with van der Waals surface area (Å²) in [4.78, 5) is 28.4. The van der Waals surface area contributed by atoms with Crippen LogP contribution in [0.4, 0.5) is 0 Å². The zero-order valence-electron chi connectivity index (χ0n) is 14.5. The molecule has 2 aliphatic carbocycles. The molecule has 0 radical (unpaired) electrons. The lowest BCUT2D eigenvalue weighted by molar-refractivity contribution is 0.0310. The van der Waals surface area contributed by atoms with Crippen molar-refractivity contribution >= 4 is 11.8 Å². The molecule has 1 saturated carbocycles. The number of benzene rings is 1. The molecule has 130 valence electrons. The fourth-order valence-corrected chi connectivity index (χ4v) is 4.21. The van der Waals surface area contributed by atoms with E-state index in [4.69, 9.17) is 4.74 Å². The number of esters is 1. The molecule has 0 spiro atoms. The fourth-order valence-electron chi connectivity index (χ4n) is 4.21. The summed E-state index contributed by atoms with van der Waals surface area (Å²) < 4.78 is 5.62. The van der Waals surface area contributed by atoms with Gasteiger partial charge in [0.1, 0.15) is 11.8 Å². The molecule has 0 aliphatic heterocycles. The molecule has 2 aromatic rings. The SMILES string of the molecule is Cc1c(C(=O)OC2CCCC2)[nH]c2c1C(=O)C[C@H](c1ccccc1)C2. The Morgan fingerprint density at radius 3 is 2.56 bits per heavy atom. The molecule has 1 atom stereocenters. The largest absolute Gasteiger partial charge is 0.458 e.